The smallest absolute Gasteiger partial charge is 0.0947 e. The van der Waals surface area contributed by atoms with Gasteiger partial charge in [0.15, 0.2) is 0 Å². The summed E-state index contributed by atoms with van der Waals surface area (Å²) in [5.74, 6) is 0. The third-order valence-electron chi connectivity index (χ3n) is 2.66. The van der Waals surface area contributed by atoms with Crippen LogP contribution in [0.3, 0.4) is 0 Å². The fraction of sp³-hybridized carbons (Fsp3) is 0.417. The highest BCUT2D eigenvalue weighted by Crippen LogP contribution is 2.25. The van der Waals surface area contributed by atoms with Gasteiger partial charge in [-0.15, -0.1) is 11.3 Å². The Morgan fingerprint density at radius 3 is 2.62 bits per heavy atom. The van der Waals surface area contributed by atoms with E-state index in [-0.39, 0.29) is 0 Å². The van der Waals surface area contributed by atoms with E-state index in [1.165, 1.54) is 16.1 Å². The molecule has 2 heterocycles. The van der Waals surface area contributed by atoms with Crippen LogP contribution in [-0.2, 0) is 6.42 Å². The molecule has 0 aliphatic rings. The molecule has 4 heteroatoms. The summed E-state index contributed by atoms with van der Waals surface area (Å²) in [4.78, 5) is 4.52. The molecule has 0 bridgehead atoms. The number of thiazole rings is 1. The van der Waals surface area contributed by atoms with Crippen molar-refractivity contribution in [2.24, 2.45) is 0 Å². The molecule has 0 aliphatic carbocycles. The van der Waals surface area contributed by atoms with E-state index in [2.05, 4.69) is 33.4 Å². The highest BCUT2D eigenvalue weighted by Gasteiger charge is 2.14. The molecule has 0 amide bonds. The summed E-state index contributed by atoms with van der Waals surface area (Å²) in [6.45, 7) is 4.22. The molecule has 0 radical (unpaired) electrons. The summed E-state index contributed by atoms with van der Waals surface area (Å²) in [6, 6.07) is 0.386. The number of nitrogens with zero attached hydrogens (tertiary/aromatic N) is 1. The second kappa shape index (κ2) is 5.08. The van der Waals surface area contributed by atoms with Gasteiger partial charge < -0.3 is 5.32 Å². The maximum absolute atomic E-state index is 4.52. The molecule has 1 unspecified atom stereocenters. The first-order valence-electron chi connectivity index (χ1n) is 5.31. The zero-order valence-corrected chi connectivity index (χ0v) is 11.4. The maximum atomic E-state index is 4.52. The number of hydrogen-bond acceptors (Lipinski definition) is 4. The SMILES string of the molecule is CNC(Cc1nc(C)cs1)c1cscc1C. The number of aromatic nitrogens is 1. The summed E-state index contributed by atoms with van der Waals surface area (Å²) in [5, 5.41) is 11.1. The first-order valence-corrected chi connectivity index (χ1v) is 7.14. The van der Waals surface area contributed by atoms with E-state index in [4.69, 9.17) is 0 Å². The molecule has 0 saturated heterocycles. The quantitative estimate of drug-likeness (QED) is 0.903. The molecule has 0 aromatic carbocycles. The second-order valence-corrected chi connectivity index (χ2v) is 5.62. The average molecular weight is 252 g/mol. The molecule has 2 aromatic rings. The van der Waals surface area contributed by atoms with Gasteiger partial charge >= 0.3 is 0 Å². The Hall–Kier alpha value is -0.710. The van der Waals surface area contributed by atoms with Crippen molar-refractivity contribution in [3.05, 3.63) is 38.0 Å². The molecule has 2 rings (SSSR count). The number of nitrogens with one attached hydrogen (secondary N) is 1. The zero-order chi connectivity index (χ0) is 11.5. The van der Waals surface area contributed by atoms with Crippen LogP contribution in [-0.4, -0.2) is 12.0 Å². The molecule has 0 saturated carbocycles. The van der Waals surface area contributed by atoms with E-state index < -0.39 is 0 Å². The van der Waals surface area contributed by atoms with Crippen molar-refractivity contribution >= 4 is 22.7 Å². The van der Waals surface area contributed by atoms with Crippen molar-refractivity contribution in [3.63, 3.8) is 0 Å². The Bertz CT molecular complexity index is 459. The van der Waals surface area contributed by atoms with Crippen LogP contribution in [0.4, 0.5) is 0 Å². The Morgan fingerprint density at radius 2 is 2.12 bits per heavy atom. The minimum absolute atomic E-state index is 0.386. The van der Waals surface area contributed by atoms with Crippen LogP contribution in [0.5, 0.6) is 0 Å². The maximum Gasteiger partial charge on any atom is 0.0947 e. The highest BCUT2D eigenvalue weighted by atomic mass is 32.1. The van der Waals surface area contributed by atoms with Crippen LogP contribution in [0.15, 0.2) is 16.1 Å². The van der Waals surface area contributed by atoms with Crippen molar-refractivity contribution in [1.82, 2.24) is 10.3 Å². The zero-order valence-electron chi connectivity index (χ0n) is 9.78. The van der Waals surface area contributed by atoms with E-state index >= 15 is 0 Å². The number of rotatable bonds is 4. The molecule has 16 heavy (non-hydrogen) atoms. The Morgan fingerprint density at radius 1 is 1.31 bits per heavy atom. The summed E-state index contributed by atoms with van der Waals surface area (Å²) >= 11 is 3.52. The van der Waals surface area contributed by atoms with Crippen molar-refractivity contribution in [3.8, 4) is 0 Å². The summed E-state index contributed by atoms with van der Waals surface area (Å²) in [6.07, 6.45) is 0.979. The van der Waals surface area contributed by atoms with Gasteiger partial charge in [-0.25, -0.2) is 4.98 Å². The molecule has 0 fully saturated rings. The molecular formula is C12H16N2S2. The lowest BCUT2D eigenvalue weighted by atomic mass is 10.0. The van der Waals surface area contributed by atoms with E-state index in [1.807, 2.05) is 14.0 Å². The number of likely N-dealkylation sites (N-methyl/N-ethyl adjacent to an activating group) is 1. The third-order valence-corrected chi connectivity index (χ3v) is 4.53. The first kappa shape index (κ1) is 11.8. The standard InChI is InChI=1S/C12H16N2S2/c1-8-5-15-7-10(8)11(13-3)4-12-14-9(2)6-16-12/h5-7,11,13H,4H2,1-3H3. The lowest BCUT2D eigenvalue weighted by molar-refractivity contribution is 0.589. The van der Waals surface area contributed by atoms with Gasteiger partial charge in [-0.3, -0.25) is 0 Å². The second-order valence-electron chi connectivity index (χ2n) is 3.94. The molecule has 1 N–H and O–H groups in total. The van der Waals surface area contributed by atoms with Crippen LogP contribution >= 0.6 is 22.7 Å². The minimum Gasteiger partial charge on any atom is -0.313 e. The van der Waals surface area contributed by atoms with E-state index in [1.54, 1.807) is 22.7 Å². The fourth-order valence-electron chi connectivity index (χ4n) is 1.77. The molecular weight excluding hydrogens is 236 g/mol. The summed E-state index contributed by atoms with van der Waals surface area (Å²) < 4.78 is 0. The van der Waals surface area contributed by atoms with Crippen LogP contribution in [0, 0.1) is 13.8 Å². The molecule has 0 aliphatic heterocycles. The normalized spacial score (nSPS) is 12.9. The van der Waals surface area contributed by atoms with Crippen molar-refractivity contribution in [2.45, 2.75) is 26.3 Å². The van der Waals surface area contributed by atoms with Crippen LogP contribution < -0.4 is 5.32 Å². The Balaban J connectivity index is 2.15. The summed E-state index contributed by atoms with van der Waals surface area (Å²) in [7, 11) is 2.02. The number of thiophene rings is 1. The predicted octanol–water partition coefficient (Wildman–Crippen LogP) is 3.32. The molecule has 1 atom stereocenters. The van der Waals surface area contributed by atoms with Gasteiger partial charge in [0.25, 0.3) is 0 Å². The van der Waals surface area contributed by atoms with Crippen molar-refractivity contribution in [1.29, 1.82) is 0 Å². The van der Waals surface area contributed by atoms with Crippen LogP contribution in [0.2, 0.25) is 0 Å². The Kier molecular flexibility index (Phi) is 3.74. The molecule has 86 valence electrons. The largest absolute Gasteiger partial charge is 0.313 e. The minimum atomic E-state index is 0.386. The fourth-order valence-corrected chi connectivity index (χ4v) is 3.49. The van der Waals surface area contributed by atoms with E-state index in [9.17, 15) is 0 Å². The van der Waals surface area contributed by atoms with Gasteiger partial charge in [0, 0.05) is 23.5 Å². The monoisotopic (exact) mass is 252 g/mol. The molecule has 2 aromatic heterocycles. The third kappa shape index (κ3) is 2.51. The number of aryl methyl sites for hydroxylation is 2. The van der Waals surface area contributed by atoms with Gasteiger partial charge in [-0.1, -0.05) is 0 Å². The van der Waals surface area contributed by atoms with Crippen molar-refractivity contribution < 1.29 is 0 Å². The van der Waals surface area contributed by atoms with Gasteiger partial charge in [0.05, 0.1) is 5.01 Å². The predicted molar refractivity (Wildman–Crippen MR) is 71.4 cm³/mol. The molecule has 0 spiro atoms. The van der Waals surface area contributed by atoms with E-state index in [0.717, 1.165) is 12.1 Å². The Labute approximate surface area is 104 Å². The van der Waals surface area contributed by atoms with Crippen LogP contribution in [0.25, 0.3) is 0 Å². The van der Waals surface area contributed by atoms with Gasteiger partial charge in [0.1, 0.15) is 0 Å². The van der Waals surface area contributed by atoms with Crippen molar-refractivity contribution in [2.75, 3.05) is 7.05 Å². The van der Waals surface area contributed by atoms with Gasteiger partial charge in [0.2, 0.25) is 0 Å². The van der Waals surface area contributed by atoms with Gasteiger partial charge in [-0.05, 0) is 42.8 Å². The van der Waals surface area contributed by atoms with Gasteiger partial charge in [-0.2, -0.15) is 11.3 Å². The molecule has 2 nitrogen and oxygen atoms in total. The summed E-state index contributed by atoms with van der Waals surface area (Å²) in [5.41, 5.74) is 3.90. The average Bonchev–Trinajstić information content (AvgIpc) is 2.84. The van der Waals surface area contributed by atoms with E-state index in [0.29, 0.717) is 6.04 Å². The lowest BCUT2D eigenvalue weighted by Gasteiger charge is -2.14. The number of hydrogen-bond donors (Lipinski definition) is 1. The highest BCUT2D eigenvalue weighted by molar-refractivity contribution is 7.09. The topological polar surface area (TPSA) is 24.9 Å². The van der Waals surface area contributed by atoms with Crippen LogP contribution in [0.1, 0.15) is 27.9 Å². The first-order chi connectivity index (χ1) is 7.70. The lowest BCUT2D eigenvalue weighted by Crippen LogP contribution is -2.18.